The van der Waals surface area contributed by atoms with Crippen LogP contribution in [-0.2, 0) is 26.7 Å². The number of halogens is 2. The molecule has 0 radical (unpaired) electrons. The second-order valence-corrected chi connectivity index (χ2v) is 9.48. The lowest BCUT2D eigenvalue weighted by atomic mass is 10.1. The van der Waals surface area contributed by atoms with Gasteiger partial charge in [-0.3, -0.25) is 13.9 Å². The molecule has 7 nitrogen and oxygen atoms in total. The lowest BCUT2D eigenvalue weighted by Crippen LogP contribution is -2.41. The van der Waals surface area contributed by atoms with E-state index in [0.717, 1.165) is 12.1 Å². The van der Waals surface area contributed by atoms with E-state index < -0.39 is 5.69 Å². The van der Waals surface area contributed by atoms with Gasteiger partial charge < -0.3 is 9.47 Å². The molecular formula is C24H23Cl2N5O2. The standard InChI is InChI=1S/C24H23Cl2N5O2/c1-15-11-29(13-16-6-4-3-5-7-16)23-27-21-20(30(23)12-15)22(32)31(24(33)28(21)2)14-17-8-9-18(25)10-19(17)26/h3-10,15H,11-14H2,1-2H3/t15-/m1/s1. The summed E-state index contributed by atoms with van der Waals surface area (Å²) in [5.74, 6) is 1.02. The van der Waals surface area contributed by atoms with Crippen LogP contribution in [0.1, 0.15) is 18.1 Å². The molecule has 0 saturated heterocycles. The molecule has 4 aromatic rings. The summed E-state index contributed by atoms with van der Waals surface area (Å²) < 4.78 is 4.61. The zero-order chi connectivity index (χ0) is 23.3. The van der Waals surface area contributed by atoms with Gasteiger partial charge in [0.25, 0.3) is 5.56 Å². The zero-order valence-electron chi connectivity index (χ0n) is 18.3. The van der Waals surface area contributed by atoms with Crippen LogP contribution in [0.2, 0.25) is 10.0 Å². The molecule has 0 amide bonds. The maximum Gasteiger partial charge on any atom is 0.332 e. The highest BCUT2D eigenvalue weighted by atomic mass is 35.5. The van der Waals surface area contributed by atoms with Crippen LogP contribution < -0.4 is 16.1 Å². The van der Waals surface area contributed by atoms with Crippen molar-refractivity contribution in [2.24, 2.45) is 13.0 Å². The maximum atomic E-state index is 13.6. The molecule has 0 bridgehead atoms. The Morgan fingerprint density at radius 1 is 1.03 bits per heavy atom. The van der Waals surface area contributed by atoms with Crippen LogP contribution in [0, 0.1) is 5.92 Å². The predicted molar refractivity (Wildman–Crippen MR) is 131 cm³/mol. The third-order valence-corrected chi connectivity index (χ3v) is 6.67. The smallest absolute Gasteiger partial charge is 0.332 e. The van der Waals surface area contributed by atoms with E-state index >= 15 is 0 Å². The molecule has 0 spiro atoms. The Bertz CT molecular complexity index is 1470. The first-order chi connectivity index (χ1) is 15.8. The number of aromatic nitrogens is 4. The SMILES string of the molecule is C[C@@H]1CN(Cc2ccccc2)c2nc3c(c(=O)n(Cc4ccc(Cl)cc4Cl)c(=O)n3C)n2C1. The number of hydrogen-bond acceptors (Lipinski definition) is 4. The molecule has 170 valence electrons. The Kier molecular flexibility index (Phi) is 5.54. The largest absolute Gasteiger partial charge is 0.338 e. The number of fused-ring (bicyclic) bond motifs is 3. The van der Waals surface area contributed by atoms with Crippen molar-refractivity contribution >= 4 is 40.3 Å². The van der Waals surface area contributed by atoms with Gasteiger partial charge in [0.05, 0.1) is 6.54 Å². The van der Waals surface area contributed by atoms with Gasteiger partial charge in [0.1, 0.15) is 0 Å². The Balaban J connectivity index is 1.66. The second kappa shape index (κ2) is 8.39. The molecule has 33 heavy (non-hydrogen) atoms. The second-order valence-electron chi connectivity index (χ2n) is 8.63. The van der Waals surface area contributed by atoms with Crippen LogP contribution in [0.15, 0.2) is 58.1 Å². The summed E-state index contributed by atoms with van der Waals surface area (Å²) in [7, 11) is 1.65. The molecule has 5 rings (SSSR count). The minimum absolute atomic E-state index is 0.0568. The van der Waals surface area contributed by atoms with Crippen molar-refractivity contribution in [1.29, 1.82) is 0 Å². The molecule has 0 N–H and O–H groups in total. The summed E-state index contributed by atoms with van der Waals surface area (Å²) in [5, 5.41) is 0.909. The van der Waals surface area contributed by atoms with Crippen molar-refractivity contribution in [3.63, 3.8) is 0 Å². The van der Waals surface area contributed by atoms with Crippen LogP contribution in [0.25, 0.3) is 11.2 Å². The highest BCUT2D eigenvalue weighted by Crippen LogP contribution is 2.28. The van der Waals surface area contributed by atoms with E-state index in [-0.39, 0.29) is 12.1 Å². The Labute approximate surface area is 200 Å². The minimum atomic E-state index is -0.434. The van der Waals surface area contributed by atoms with Gasteiger partial charge in [0.2, 0.25) is 5.95 Å². The number of benzene rings is 2. The third kappa shape index (κ3) is 3.85. The van der Waals surface area contributed by atoms with Crippen molar-refractivity contribution in [2.75, 3.05) is 11.4 Å². The summed E-state index contributed by atoms with van der Waals surface area (Å²) >= 11 is 12.3. The van der Waals surface area contributed by atoms with E-state index in [1.807, 2.05) is 22.8 Å². The maximum absolute atomic E-state index is 13.6. The average molecular weight is 484 g/mol. The summed E-state index contributed by atoms with van der Waals surface area (Å²) in [6.07, 6.45) is 0. The lowest BCUT2D eigenvalue weighted by molar-refractivity contribution is 0.435. The summed E-state index contributed by atoms with van der Waals surface area (Å²) in [6.45, 7) is 4.37. The van der Waals surface area contributed by atoms with Gasteiger partial charge in [-0.25, -0.2) is 4.79 Å². The quantitative estimate of drug-likeness (QED) is 0.441. The first kappa shape index (κ1) is 21.8. The fourth-order valence-corrected chi connectivity index (χ4v) is 4.97. The van der Waals surface area contributed by atoms with Crippen molar-refractivity contribution in [2.45, 2.75) is 26.6 Å². The fraction of sp³-hybridized carbons (Fsp3) is 0.292. The third-order valence-electron chi connectivity index (χ3n) is 6.08. The minimum Gasteiger partial charge on any atom is -0.338 e. The van der Waals surface area contributed by atoms with Gasteiger partial charge >= 0.3 is 5.69 Å². The van der Waals surface area contributed by atoms with Crippen LogP contribution in [0.3, 0.4) is 0 Å². The molecular weight excluding hydrogens is 461 g/mol. The van der Waals surface area contributed by atoms with E-state index in [1.165, 1.54) is 9.13 Å². The number of nitrogens with zero attached hydrogens (tertiary/aromatic N) is 5. The van der Waals surface area contributed by atoms with Gasteiger partial charge in [0.15, 0.2) is 11.2 Å². The van der Waals surface area contributed by atoms with E-state index in [0.29, 0.717) is 51.7 Å². The predicted octanol–water partition coefficient (Wildman–Crippen LogP) is 3.91. The van der Waals surface area contributed by atoms with Gasteiger partial charge in [-0.2, -0.15) is 4.98 Å². The van der Waals surface area contributed by atoms with Crippen molar-refractivity contribution in [1.82, 2.24) is 18.7 Å². The van der Waals surface area contributed by atoms with Crippen LogP contribution in [0.4, 0.5) is 5.95 Å². The summed E-state index contributed by atoms with van der Waals surface area (Å²) in [5.41, 5.74) is 1.83. The molecule has 0 saturated carbocycles. The van der Waals surface area contributed by atoms with Crippen LogP contribution >= 0.6 is 23.2 Å². The van der Waals surface area contributed by atoms with Gasteiger partial charge in [0, 0.05) is 36.7 Å². The Morgan fingerprint density at radius 3 is 2.52 bits per heavy atom. The normalized spacial score (nSPS) is 15.8. The summed E-state index contributed by atoms with van der Waals surface area (Å²) in [4.78, 5) is 33.7. The van der Waals surface area contributed by atoms with Gasteiger partial charge in [-0.15, -0.1) is 0 Å². The average Bonchev–Trinajstić information content (AvgIpc) is 3.17. The molecule has 1 aliphatic heterocycles. The monoisotopic (exact) mass is 483 g/mol. The summed E-state index contributed by atoms with van der Waals surface area (Å²) in [6, 6.07) is 15.2. The molecule has 1 atom stereocenters. The molecule has 0 fully saturated rings. The number of imidazole rings is 1. The number of rotatable bonds is 4. The topological polar surface area (TPSA) is 65.1 Å². The van der Waals surface area contributed by atoms with Crippen molar-refractivity contribution in [3.8, 4) is 0 Å². The first-order valence-electron chi connectivity index (χ1n) is 10.8. The Morgan fingerprint density at radius 2 is 1.79 bits per heavy atom. The van der Waals surface area contributed by atoms with Crippen molar-refractivity contribution < 1.29 is 0 Å². The van der Waals surface area contributed by atoms with E-state index in [4.69, 9.17) is 28.2 Å². The molecule has 3 heterocycles. The molecule has 1 aliphatic rings. The highest BCUT2D eigenvalue weighted by molar-refractivity contribution is 6.35. The molecule has 0 unspecified atom stereocenters. The van der Waals surface area contributed by atoms with E-state index in [1.54, 1.807) is 25.2 Å². The number of anilines is 1. The number of hydrogen-bond donors (Lipinski definition) is 0. The molecule has 2 aromatic heterocycles. The number of aryl methyl sites for hydroxylation is 1. The molecule has 0 aliphatic carbocycles. The lowest BCUT2D eigenvalue weighted by Gasteiger charge is -2.33. The fourth-order valence-electron chi connectivity index (χ4n) is 4.50. The van der Waals surface area contributed by atoms with Crippen LogP contribution in [-0.4, -0.2) is 25.2 Å². The van der Waals surface area contributed by atoms with E-state index in [2.05, 4.69) is 24.0 Å². The molecule has 2 aromatic carbocycles. The molecule has 9 heteroatoms. The van der Waals surface area contributed by atoms with Crippen LogP contribution in [0.5, 0.6) is 0 Å². The zero-order valence-corrected chi connectivity index (χ0v) is 19.8. The van der Waals surface area contributed by atoms with Gasteiger partial charge in [-0.1, -0.05) is 66.5 Å². The van der Waals surface area contributed by atoms with Gasteiger partial charge in [-0.05, 0) is 29.2 Å². The Hall–Kier alpha value is -3.03. The highest BCUT2D eigenvalue weighted by Gasteiger charge is 2.29. The van der Waals surface area contributed by atoms with Crippen molar-refractivity contribution in [3.05, 3.63) is 90.5 Å². The van der Waals surface area contributed by atoms with E-state index in [9.17, 15) is 9.59 Å². The first-order valence-corrected chi connectivity index (χ1v) is 11.5.